The summed E-state index contributed by atoms with van der Waals surface area (Å²) in [4.78, 5) is 16.8. The average molecular weight is 498 g/mol. The number of methoxy groups -OCH3 is 2. The standard InChI is InChI=1S/C28H39N3O5/c1-20(29)28(32)31-13-11-24(22-6-8-23(34-3)9-7-22)27(18-31)36-19-21-5-10-26-25(17-21)30(14-16-35-26)12-4-15-33-2/h5-10,17,20,24,27H,4,11-16,18-19,29H2,1-3H3/t20-,24+,27-/m0/s1. The van der Waals surface area contributed by atoms with Crippen molar-refractivity contribution in [2.75, 3.05) is 58.5 Å². The molecule has 0 spiro atoms. The van der Waals surface area contributed by atoms with Crippen LogP contribution in [-0.4, -0.2) is 76.6 Å². The molecule has 2 heterocycles. The van der Waals surface area contributed by atoms with Gasteiger partial charge < -0.3 is 34.5 Å². The van der Waals surface area contributed by atoms with Crippen LogP contribution in [0.1, 0.15) is 36.8 Å². The Morgan fingerprint density at radius 1 is 1.17 bits per heavy atom. The average Bonchev–Trinajstić information content (AvgIpc) is 2.91. The number of nitrogens with zero attached hydrogens (tertiary/aromatic N) is 2. The van der Waals surface area contributed by atoms with Crippen molar-refractivity contribution < 1.29 is 23.7 Å². The van der Waals surface area contributed by atoms with E-state index in [1.54, 1.807) is 21.1 Å². The lowest BCUT2D eigenvalue weighted by Gasteiger charge is -2.39. The number of amides is 1. The Bertz CT molecular complexity index is 997. The van der Waals surface area contributed by atoms with Gasteiger partial charge in [-0.3, -0.25) is 4.79 Å². The van der Waals surface area contributed by atoms with Crippen molar-refractivity contribution in [2.45, 2.75) is 44.4 Å². The zero-order valence-corrected chi connectivity index (χ0v) is 21.7. The molecule has 4 rings (SSSR count). The van der Waals surface area contributed by atoms with Crippen LogP contribution >= 0.6 is 0 Å². The summed E-state index contributed by atoms with van der Waals surface area (Å²) >= 11 is 0. The molecular weight excluding hydrogens is 458 g/mol. The minimum Gasteiger partial charge on any atom is -0.497 e. The highest BCUT2D eigenvalue weighted by molar-refractivity contribution is 5.81. The molecule has 36 heavy (non-hydrogen) atoms. The number of carbonyl (C=O) groups excluding carboxylic acids is 1. The molecule has 2 aliphatic heterocycles. The number of fused-ring (bicyclic) bond motifs is 1. The molecule has 0 bridgehead atoms. The maximum absolute atomic E-state index is 12.6. The fourth-order valence-electron chi connectivity index (χ4n) is 5.05. The lowest BCUT2D eigenvalue weighted by atomic mass is 9.86. The van der Waals surface area contributed by atoms with Gasteiger partial charge in [-0.15, -0.1) is 0 Å². The largest absolute Gasteiger partial charge is 0.497 e. The number of piperidine rings is 1. The SMILES string of the molecule is COCCCN1CCOc2ccc(CO[C@H]3CN(C(=O)[C@H](C)N)CC[C@@H]3c3ccc(OC)cc3)cc21. The maximum atomic E-state index is 12.6. The Morgan fingerprint density at radius 2 is 1.97 bits per heavy atom. The van der Waals surface area contributed by atoms with E-state index >= 15 is 0 Å². The second-order valence-electron chi connectivity index (χ2n) is 9.57. The summed E-state index contributed by atoms with van der Waals surface area (Å²) in [6.07, 6.45) is 1.65. The molecule has 8 heteroatoms. The topological polar surface area (TPSA) is 86.5 Å². The summed E-state index contributed by atoms with van der Waals surface area (Å²) in [6, 6.07) is 13.9. The van der Waals surface area contributed by atoms with Crippen LogP contribution in [0.4, 0.5) is 5.69 Å². The number of nitrogens with two attached hydrogens (primary N) is 1. The van der Waals surface area contributed by atoms with Crippen LogP contribution in [0, 0.1) is 0 Å². The Morgan fingerprint density at radius 3 is 2.69 bits per heavy atom. The first kappa shape index (κ1) is 26.3. The molecule has 2 N–H and O–H groups in total. The molecule has 2 aromatic rings. The van der Waals surface area contributed by atoms with Crippen molar-refractivity contribution in [3.63, 3.8) is 0 Å². The molecule has 8 nitrogen and oxygen atoms in total. The Labute approximate surface area is 214 Å². The first-order valence-corrected chi connectivity index (χ1v) is 12.8. The van der Waals surface area contributed by atoms with E-state index in [9.17, 15) is 4.79 Å². The molecule has 0 saturated carbocycles. The predicted molar refractivity (Wildman–Crippen MR) is 140 cm³/mol. The monoisotopic (exact) mass is 497 g/mol. The number of hydrogen-bond acceptors (Lipinski definition) is 7. The van der Waals surface area contributed by atoms with Gasteiger partial charge in [-0.1, -0.05) is 18.2 Å². The fraction of sp³-hybridized carbons (Fsp3) is 0.536. The highest BCUT2D eigenvalue weighted by Gasteiger charge is 2.34. The fourth-order valence-corrected chi connectivity index (χ4v) is 5.05. The molecule has 0 radical (unpaired) electrons. The van der Waals surface area contributed by atoms with Gasteiger partial charge in [0.05, 0.1) is 38.1 Å². The van der Waals surface area contributed by atoms with Crippen LogP contribution < -0.4 is 20.1 Å². The summed E-state index contributed by atoms with van der Waals surface area (Å²) in [5.74, 6) is 1.88. The molecule has 0 aliphatic carbocycles. The second kappa shape index (κ2) is 12.4. The molecule has 0 aromatic heterocycles. The molecule has 1 saturated heterocycles. The summed E-state index contributed by atoms with van der Waals surface area (Å²) in [5, 5.41) is 0. The van der Waals surface area contributed by atoms with Gasteiger partial charge in [-0.2, -0.15) is 0 Å². The quantitative estimate of drug-likeness (QED) is 0.505. The van der Waals surface area contributed by atoms with Gasteiger partial charge in [0.2, 0.25) is 5.91 Å². The van der Waals surface area contributed by atoms with E-state index in [2.05, 4.69) is 29.2 Å². The third kappa shape index (κ3) is 6.30. The maximum Gasteiger partial charge on any atom is 0.239 e. The third-order valence-electron chi connectivity index (χ3n) is 7.03. The number of ether oxygens (including phenoxy) is 4. The van der Waals surface area contributed by atoms with Crippen molar-refractivity contribution in [3.05, 3.63) is 53.6 Å². The van der Waals surface area contributed by atoms with Crippen molar-refractivity contribution >= 4 is 11.6 Å². The van der Waals surface area contributed by atoms with Crippen LogP contribution in [0.15, 0.2) is 42.5 Å². The Hall–Kier alpha value is -2.81. The van der Waals surface area contributed by atoms with Gasteiger partial charge in [0, 0.05) is 39.3 Å². The molecular formula is C28H39N3O5. The van der Waals surface area contributed by atoms with Gasteiger partial charge in [0.25, 0.3) is 0 Å². The first-order valence-electron chi connectivity index (χ1n) is 12.8. The molecule has 1 amide bonds. The van der Waals surface area contributed by atoms with Crippen molar-refractivity contribution in [2.24, 2.45) is 5.73 Å². The van der Waals surface area contributed by atoms with Crippen molar-refractivity contribution in [1.82, 2.24) is 4.90 Å². The molecule has 2 aliphatic rings. The van der Waals surface area contributed by atoms with Gasteiger partial charge >= 0.3 is 0 Å². The molecule has 2 aromatic carbocycles. The lowest BCUT2D eigenvalue weighted by molar-refractivity contribution is -0.137. The Kier molecular flexibility index (Phi) is 9.07. The number of hydrogen-bond donors (Lipinski definition) is 1. The number of likely N-dealkylation sites (tertiary alicyclic amines) is 1. The van der Waals surface area contributed by atoms with E-state index in [-0.39, 0.29) is 17.9 Å². The predicted octanol–water partition coefficient (Wildman–Crippen LogP) is 3.18. The van der Waals surface area contributed by atoms with E-state index in [1.165, 1.54) is 5.56 Å². The van der Waals surface area contributed by atoms with E-state index in [4.69, 9.17) is 24.7 Å². The number of benzene rings is 2. The summed E-state index contributed by atoms with van der Waals surface area (Å²) in [6.45, 7) is 6.59. The van der Waals surface area contributed by atoms with Gasteiger partial charge in [0.1, 0.15) is 18.1 Å². The van der Waals surface area contributed by atoms with Crippen LogP contribution in [0.25, 0.3) is 0 Å². The van der Waals surface area contributed by atoms with E-state index in [1.807, 2.05) is 23.1 Å². The van der Waals surface area contributed by atoms with Gasteiger partial charge in [-0.05, 0) is 55.2 Å². The van der Waals surface area contributed by atoms with Crippen LogP contribution in [0.2, 0.25) is 0 Å². The first-order chi connectivity index (χ1) is 17.5. The highest BCUT2D eigenvalue weighted by Crippen LogP contribution is 2.35. The van der Waals surface area contributed by atoms with Crippen LogP contribution in [0.3, 0.4) is 0 Å². The third-order valence-corrected chi connectivity index (χ3v) is 7.03. The number of anilines is 1. The minimum atomic E-state index is -0.520. The van der Waals surface area contributed by atoms with E-state index in [0.717, 1.165) is 55.3 Å². The minimum absolute atomic E-state index is 0.0330. The number of carbonyl (C=O) groups is 1. The summed E-state index contributed by atoms with van der Waals surface area (Å²) in [7, 11) is 3.40. The van der Waals surface area contributed by atoms with Gasteiger partial charge in [0.15, 0.2) is 0 Å². The van der Waals surface area contributed by atoms with Crippen molar-refractivity contribution in [3.8, 4) is 11.5 Å². The number of rotatable bonds is 10. The normalized spacial score (nSPS) is 20.4. The highest BCUT2D eigenvalue weighted by atomic mass is 16.5. The zero-order chi connectivity index (χ0) is 25.5. The van der Waals surface area contributed by atoms with Gasteiger partial charge in [-0.25, -0.2) is 0 Å². The van der Waals surface area contributed by atoms with Crippen LogP contribution in [-0.2, 0) is 20.9 Å². The zero-order valence-electron chi connectivity index (χ0n) is 21.7. The molecule has 0 unspecified atom stereocenters. The van der Waals surface area contributed by atoms with Crippen molar-refractivity contribution in [1.29, 1.82) is 0 Å². The lowest BCUT2D eigenvalue weighted by Crippen LogP contribution is -2.51. The smallest absolute Gasteiger partial charge is 0.239 e. The van der Waals surface area contributed by atoms with E-state index in [0.29, 0.717) is 26.3 Å². The summed E-state index contributed by atoms with van der Waals surface area (Å²) < 4.78 is 23.0. The second-order valence-corrected chi connectivity index (χ2v) is 9.57. The summed E-state index contributed by atoms with van der Waals surface area (Å²) in [5.41, 5.74) is 9.28. The van der Waals surface area contributed by atoms with Crippen LogP contribution in [0.5, 0.6) is 11.5 Å². The molecule has 3 atom stereocenters. The molecule has 196 valence electrons. The Balaban J connectivity index is 1.49. The molecule has 1 fully saturated rings. The van der Waals surface area contributed by atoms with E-state index < -0.39 is 6.04 Å².